The predicted octanol–water partition coefficient (Wildman–Crippen LogP) is 7.88. The summed E-state index contributed by atoms with van der Waals surface area (Å²) in [6.45, 7) is 0.423. The second kappa shape index (κ2) is 10.5. The van der Waals surface area contributed by atoms with Gasteiger partial charge in [0.05, 0.1) is 4.47 Å². The first-order valence-electron chi connectivity index (χ1n) is 11.4. The highest BCUT2D eigenvalue weighted by molar-refractivity contribution is 9.10. The van der Waals surface area contributed by atoms with E-state index in [1.165, 1.54) is 5.39 Å². The van der Waals surface area contributed by atoms with Crippen molar-refractivity contribution in [1.29, 1.82) is 5.26 Å². The molecule has 0 spiro atoms. The molecule has 0 aromatic heterocycles. The molecule has 0 aliphatic rings. The number of hydrogen-bond acceptors (Lipinski definition) is 3. The molecule has 0 bridgehead atoms. The Hall–Kier alpha value is -4.40. The van der Waals surface area contributed by atoms with Crippen LogP contribution < -0.4 is 10.1 Å². The highest BCUT2D eigenvalue weighted by atomic mass is 79.9. The predicted molar refractivity (Wildman–Crippen MR) is 149 cm³/mol. The monoisotopic (exact) mass is 532 g/mol. The Morgan fingerprint density at radius 2 is 1.53 bits per heavy atom. The molecule has 5 rings (SSSR count). The first-order chi connectivity index (χ1) is 17.6. The van der Waals surface area contributed by atoms with Crippen LogP contribution in [0.25, 0.3) is 27.6 Å². The standard InChI is InChI=1S/C31H21BrN2O2/c32-28-18-21(15-16-30(28)36-20-24-11-5-9-22-7-1-3-12-26(22)24)17-25(19-33)31(35)34-29-14-6-10-23-8-2-4-13-27(23)29/h1-18H,20H2,(H,34,35)/b25-17+. The third-order valence-electron chi connectivity index (χ3n) is 5.93. The van der Waals surface area contributed by atoms with E-state index in [0.29, 0.717) is 23.6 Å². The number of carbonyl (C=O) groups excluding carboxylic acids is 1. The largest absolute Gasteiger partial charge is 0.488 e. The molecule has 4 nitrogen and oxygen atoms in total. The number of carbonyl (C=O) groups is 1. The van der Waals surface area contributed by atoms with Crippen molar-refractivity contribution in [2.45, 2.75) is 6.61 Å². The van der Waals surface area contributed by atoms with E-state index in [0.717, 1.165) is 26.2 Å². The van der Waals surface area contributed by atoms with Gasteiger partial charge in [-0.2, -0.15) is 5.26 Å². The highest BCUT2D eigenvalue weighted by Gasteiger charge is 2.12. The summed E-state index contributed by atoms with van der Waals surface area (Å²) < 4.78 is 6.81. The smallest absolute Gasteiger partial charge is 0.266 e. The number of halogens is 1. The maximum atomic E-state index is 12.9. The van der Waals surface area contributed by atoms with Gasteiger partial charge in [0.1, 0.15) is 24.0 Å². The zero-order valence-electron chi connectivity index (χ0n) is 19.2. The lowest BCUT2D eigenvalue weighted by Crippen LogP contribution is -2.13. The van der Waals surface area contributed by atoms with Crippen molar-refractivity contribution >= 4 is 55.1 Å². The summed E-state index contributed by atoms with van der Waals surface area (Å²) in [5.74, 6) is 0.222. The number of ether oxygens (including phenoxy) is 1. The molecule has 36 heavy (non-hydrogen) atoms. The van der Waals surface area contributed by atoms with Gasteiger partial charge in [0.15, 0.2) is 0 Å². The van der Waals surface area contributed by atoms with Crippen LogP contribution in [-0.2, 0) is 11.4 Å². The van der Waals surface area contributed by atoms with Gasteiger partial charge < -0.3 is 10.1 Å². The fourth-order valence-corrected chi connectivity index (χ4v) is 4.65. The normalized spacial score (nSPS) is 11.3. The Balaban J connectivity index is 1.32. The number of anilines is 1. The van der Waals surface area contributed by atoms with Crippen LogP contribution >= 0.6 is 15.9 Å². The average Bonchev–Trinajstić information content (AvgIpc) is 2.91. The van der Waals surface area contributed by atoms with Gasteiger partial charge in [-0.25, -0.2) is 0 Å². The number of amides is 1. The van der Waals surface area contributed by atoms with Crippen LogP contribution in [0.4, 0.5) is 5.69 Å². The molecular weight excluding hydrogens is 512 g/mol. The van der Waals surface area contributed by atoms with Gasteiger partial charge in [-0.05, 0) is 67.5 Å². The quantitative estimate of drug-likeness (QED) is 0.178. The molecule has 0 radical (unpaired) electrons. The molecule has 5 aromatic rings. The Morgan fingerprint density at radius 3 is 2.28 bits per heavy atom. The second-order valence-corrected chi connectivity index (χ2v) is 9.12. The van der Waals surface area contributed by atoms with Gasteiger partial charge in [-0.3, -0.25) is 4.79 Å². The lowest BCUT2D eigenvalue weighted by Gasteiger charge is -2.11. The fourth-order valence-electron chi connectivity index (χ4n) is 4.14. The van der Waals surface area contributed by atoms with Crippen molar-refractivity contribution in [1.82, 2.24) is 0 Å². The highest BCUT2D eigenvalue weighted by Crippen LogP contribution is 2.29. The fraction of sp³-hybridized carbons (Fsp3) is 0.0323. The number of benzene rings is 5. The number of fused-ring (bicyclic) bond motifs is 2. The minimum Gasteiger partial charge on any atom is -0.488 e. The van der Waals surface area contributed by atoms with Crippen LogP contribution in [0, 0.1) is 11.3 Å². The van der Waals surface area contributed by atoms with Gasteiger partial charge in [0, 0.05) is 11.1 Å². The van der Waals surface area contributed by atoms with E-state index in [1.54, 1.807) is 6.08 Å². The second-order valence-electron chi connectivity index (χ2n) is 8.27. The molecule has 174 valence electrons. The topological polar surface area (TPSA) is 62.1 Å². The number of nitriles is 1. The third-order valence-corrected chi connectivity index (χ3v) is 6.55. The Labute approximate surface area is 217 Å². The Bertz CT molecular complexity index is 1660. The molecule has 5 aromatic carbocycles. The van der Waals surface area contributed by atoms with Crippen molar-refractivity contribution in [2.75, 3.05) is 5.32 Å². The zero-order valence-corrected chi connectivity index (χ0v) is 20.8. The summed E-state index contributed by atoms with van der Waals surface area (Å²) >= 11 is 3.56. The lowest BCUT2D eigenvalue weighted by molar-refractivity contribution is -0.112. The maximum absolute atomic E-state index is 12.9. The molecule has 0 aliphatic heterocycles. The number of nitrogens with zero attached hydrogens (tertiary/aromatic N) is 1. The van der Waals surface area contributed by atoms with E-state index >= 15 is 0 Å². The zero-order chi connectivity index (χ0) is 24.9. The van der Waals surface area contributed by atoms with Crippen molar-refractivity contribution in [3.05, 3.63) is 124 Å². The summed E-state index contributed by atoms with van der Waals surface area (Å²) in [5, 5.41) is 16.8. The van der Waals surface area contributed by atoms with Crippen LogP contribution in [0.15, 0.2) is 113 Å². The van der Waals surface area contributed by atoms with E-state index in [4.69, 9.17) is 4.74 Å². The van der Waals surface area contributed by atoms with E-state index in [2.05, 4.69) is 45.5 Å². The van der Waals surface area contributed by atoms with Crippen molar-refractivity contribution in [3.63, 3.8) is 0 Å². The van der Waals surface area contributed by atoms with Gasteiger partial charge in [-0.1, -0.05) is 84.9 Å². The molecule has 0 aliphatic carbocycles. The average molecular weight is 533 g/mol. The summed E-state index contributed by atoms with van der Waals surface area (Å²) in [7, 11) is 0. The van der Waals surface area contributed by atoms with Gasteiger partial charge in [-0.15, -0.1) is 0 Å². The maximum Gasteiger partial charge on any atom is 0.266 e. The van der Waals surface area contributed by atoms with Gasteiger partial charge in [0.2, 0.25) is 0 Å². The minimum atomic E-state index is -0.457. The van der Waals surface area contributed by atoms with E-state index in [1.807, 2.05) is 84.9 Å². The SMILES string of the molecule is N#C/C(=C\c1ccc(OCc2cccc3ccccc23)c(Br)c1)C(=O)Nc1cccc2ccccc12. The molecule has 0 saturated heterocycles. The first kappa shape index (κ1) is 23.3. The van der Waals surface area contributed by atoms with Crippen LogP contribution in [-0.4, -0.2) is 5.91 Å². The minimum absolute atomic E-state index is 0.0132. The molecule has 0 atom stereocenters. The third kappa shape index (κ3) is 5.00. The Morgan fingerprint density at radius 1 is 0.861 bits per heavy atom. The molecule has 0 fully saturated rings. The first-order valence-corrected chi connectivity index (χ1v) is 12.2. The van der Waals surface area contributed by atoms with Crippen LogP contribution in [0.1, 0.15) is 11.1 Å². The van der Waals surface area contributed by atoms with Crippen molar-refractivity contribution in [3.8, 4) is 11.8 Å². The van der Waals surface area contributed by atoms with Crippen LogP contribution in [0.5, 0.6) is 5.75 Å². The van der Waals surface area contributed by atoms with Crippen molar-refractivity contribution < 1.29 is 9.53 Å². The Kier molecular flexibility index (Phi) is 6.79. The summed E-state index contributed by atoms with van der Waals surface area (Å²) in [6, 6.07) is 35.4. The number of hydrogen-bond donors (Lipinski definition) is 1. The lowest BCUT2D eigenvalue weighted by atomic mass is 10.1. The van der Waals surface area contributed by atoms with Crippen molar-refractivity contribution in [2.24, 2.45) is 0 Å². The van der Waals surface area contributed by atoms with E-state index in [9.17, 15) is 10.1 Å². The molecule has 1 amide bonds. The summed E-state index contributed by atoms with van der Waals surface area (Å²) in [6.07, 6.45) is 1.57. The summed E-state index contributed by atoms with van der Waals surface area (Å²) in [4.78, 5) is 12.9. The van der Waals surface area contributed by atoms with E-state index < -0.39 is 5.91 Å². The molecular formula is C31H21BrN2O2. The molecule has 0 heterocycles. The number of rotatable bonds is 6. The van der Waals surface area contributed by atoms with Crippen LogP contribution in [0.3, 0.4) is 0 Å². The summed E-state index contributed by atoms with van der Waals surface area (Å²) in [5.41, 5.74) is 2.49. The molecule has 0 saturated carbocycles. The number of nitrogens with one attached hydrogen (secondary N) is 1. The molecule has 0 unspecified atom stereocenters. The van der Waals surface area contributed by atoms with Gasteiger partial charge >= 0.3 is 0 Å². The van der Waals surface area contributed by atoms with E-state index in [-0.39, 0.29) is 5.57 Å². The molecule has 1 N–H and O–H groups in total. The molecule has 5 heteroatoms. The van der Waals surface area contributed by atoms with Crippen LogP contribution in [0.2, 0.25) is 0 Å². The van der Waals surface area contributed by atoms with Gasteiger partial charge in [0.25, 0.3) is 5.91 Å².